The first-order valence-corrected chi connectivity index (χ1v) is 11.3. The molecular weight excluding hydrogens is 414 g/mol. The van der Waals surface area contributed by atoms with Crippen molar-refractivity contribution >= 4 is 17.9 Å². The average Bonchev–Trinajstić information content (AvgIpc) is 3.38. The van der Waals surface area contributed by atoms with Crippen molar-refractivity contribution in [1.29, 1.82) is 0 Å². The summed E-state index contributed by atoms with van der Waals surface area (Å²) in [6.45, 7) is 3.29. The maximum atomic E-state index is 12.7. The minimum atomic E-state index is -0.238. The van der Waals surface area contributed by atoms with E-state index in [1.165, 1.54) is 17.2 Å². The van der Waals surface area contributed by atoms with Crippen LogP contribution in [0.15, 0.2) is 89.6 Å². The molecule has 1 aromatic heterocycles. The number of hydrogen-bond donors (Lipinski definition) is 1. The predicted octanol–water partition coefficient (Wildman–Crippen LogP) is 3.73. The molecule has 0 atom stereocenters. The molecule has 4 rings (SSSR count). The zero-order valence-electron chi connectivity index (χ0n) is 18.6. The lowest BCUT2D eigenvalue weighted by atomic mass is 9.96. The molecule has 2 amide bonds. The Bertz CT molecular complexity index is 1000. The Morgan fingerprint density at radius 1 is 0.879 bits per heavy atom. The summed E-state index contributed by atoms with van der Waals surface area (Å²) in [7, 11) is 0. The van der Waals surface area contributed by atoms with Gasteiger partial charge in [0, 0.05) is 45.2 Å². The number of nitrogens with one attached hydrogen (secondary N) is 1. The maximum Gasteiger partial charge on any atom is 0.244 e. The van der Waals surface area contributed by atoms with Gasteiger partial charge in [0.2, 0.25) is 11.8 Å². The number of amides is 2. The van der Waals surface area contributed by atoms with Gasteiger partial charge in [-0.15, -0.1) is 0 Å². The van der Waals surface area contributed by atoms with Gasteiger partial charge in [-0.25, -0.2) is 0 Å². The minimum Gasteiger partial charge on any atom is -0.465 e. The minimum absolute atomic E-state index is 0.0703. The molecule has 0 unspecified atom stereocenters. The molecule has 0 bridgehead atoms. The van der Waals surface area contributed by atoms with E-state index >= 15 is 0 Å². The standard InChI is InChI=1S/C27H29N3O3/c31-25(14-13-24-12-7-21-33-24)28-16-15-26(32)29-17-19-30(20-18-29)27(22-8-3-1-4-9-22)23-10-5-2-6-11-23/h1-14,21,27H,15-20H2,(H,28,31)/b14-13+. The van der Waals surface area contributed by atoms with E-state index < -0.39 is 0 Å². The molecule has 6 nitrogen and oxygen atoms in total. The number of nitrogens with zero attached hydrogens (tertiary/aromatic N) is 2. The number of furan rings is 1. The second-order valence-electron chi connectivity index (χ2n) is 8.03. The second-order valence-corrected chi connectivity index (χ2v) is 8.03. The lowest BCUT2D eigenvalue weighted by Gasteiger charge is -2.39. The molecule has 1 aliphatic rings. The van der Waals surface area contributed by atoms with Crippen molar-refractivity contribution in [2.75, 3.05) is 32.7 Å². The second kappa shape index (κ2) is 11.3. The van der Waals surface area contributed by atoms with E-state index in [1.807, 2.05) is 17.0 Å². The first kappa shape index (κ1) is 22.6. The van der Waals surface area contributed by atoms with Crippen LogP contribution in [0.1, 0.15) is 29.3 Å². The highest BCUT2D eigenvalue weighted by Gasteiger charge is 2.27. The Morgan fingerprint density at radius 2 is 1.52 bits per heavy atom. The Hall–Kier alpha value is -3.64. The molecule has 0 spiro atoms. The average molecular weight is 444 g/mol. The summed E-state index contributed by atoms with van der Waals surface area (Å²) in [5, 5.41) is 2.76. The smallest absolute Gasteiger partial charge is 0.244 e. The number of rotatable bonds is 8. The highest BCUT2D eigenvalue weighted by molar-refractivity contribution is 5.91. The summed E-state index contributed by atoms with van der Waals surface area (Å²) in [6, 6.07) is 24.7. The number of hydrogen-bond acceptors (Lipinski definition) is 4. The van der Waals surface area contributed by atoms with Crippen molar-refractivity contribution in [2.24, 2.45) is 0 Å². The Kier molecular flexibility index (Phi) is 7.72. The van der Waals surface area contributed by atoms with Crippen LogP contribution in [0, 0.1) is 0 Å². The van der Waals surface area contributed by atoms with Gasteiger partial charge < -0.3 is 14.6 Å². The summed E-state index contributed by atoms with van der Waals surface area (Å²) in [4.78, 5) is 28.9. The molecule has 1 N–H and O–H groups in total. The number of benzene rings is 2. The first-order valence-electron chi connectivity index (χ1n) is 11.3. The van der Waals surface area contributed by atoms with Crippen molar-refractivity contribution in [2.45, 2.75) is 12.5 Å². The van der Waals surface area contributed by atoms with Gasteiger partial charge in [-0.1, -0.05) is 60.7 Å². The molecular formula is C27H29N3O3. The molecule has 1 fully saturated rings. The van der Waals surface area contributed by atoms with E-state index in [4.69, 9.17) is 4.42 Å². The highest BCUT2D eigenvalue weighted by atomic mass is 16.3. The van der Waals surface area contributed by atoms with Crippen LogP contribution in [0.5, 0.6) is 0 Å². The van der Waals surface area contributed by atoms with Crippen molar-refractivity contribution in [3.8, 4) is 0 Å². The molecule has 0 aliphatic carbocycles. The topological polar surface area (TPSA) is 65.8 Å². The van der Waals surface area contributed by atoms with E-state index in [-0.39, 0.29) is 17.9 Å². The van der Waals surface area contributed by atoms with Crippen LogP contribution in [0.2, 0.25) is 0 Å². The number of carbonyl (C=O) groups is 2. The first-order chi connectivity index (χ1) is 16.2. The molecule has 2 heterocycles. The predicted molar refractivity (Wildman–Crippen MR) is 128 cm³/mol. The Labute approximate surface area is 194 Å². The van der Waals surface area contributed by atoms with Crippen molar-refractivity contribution in [3.05, 3.63) is 102 Å². The van der Waals surface area contributed by atoms with E-state index in [9.17, 15) is 9.59 Å². The lowest BCUT2D eigenvalue weighted by molar-refractivity contribution is -0.133. The molecule has 3 aromatic rings. The Morgan fingerprint density at radius 3 is 2.09 bits per heavy atom. The SMILES string of the molecule is O=C(/C=C/c1ccco1)NCCC(=O)N1CCN(C(c2ccccc2)c2ccccc2)CC1. The fourth-order valence-corrected chi connectivity index (χ4v) is 4.17. The van der Waals surface area contributed by atoms with Crippen molar-refractivity contribution < 1.29 is 14.0 Å². The third-order valence-corrected chi connectivity index (χ3v) is 5.84. The highest BCUT2D eigenvalue weighted by Crippen LogP contribution is 2.29. The number of piperazine rings is 1. The van der Waals surface area contributed by atoms with E-state index in [0.717, 1.165) is 13.1 Å². The van der Waals surface area contributed by atoms with Crippen LogP contribution in [-0.4, -0.2) is 54.3 Å². The quantitative estimate of drug-likeness (QED) is 0.539. The molecule has 1 saturated heterocycles. The molecule has 0 saturated carbocycles. The van der Waals surface area contributed by atoms with Crippen LogP contribution in [-0.2, 0) is 9.59 Å². The summed E-state index contributed by atoms with van der Waals surface area (Å²) in [6.07, 6.45) is 4.86. The fourth-order valence-electron chi connectivity index (χ4n) is 4.17. The zero-order valence-corrected chi connectivity index (χ0v) is 18.6. The van der Waals surface area contributed by atoms with Gasteiger partial charge in [0.05, 0.1) is 12.3 Å². The largest absolute Gasteiger partial charge is 0.465 e. The van der Waals surface area contributed by atoms with E-state index in [0.29, 0.717) is 31.8 Å². The third-order valence-electron chi connectivity index (χ3n) is 5.84. The van der Waals surface area contributed by atoms with Crippen LogP contribution < -0.4 is 5.32 Å². The van der Waals surface area contributed by atoms with Crippen LogP contribution in [0.4, 0.5) is 0 Å². The molecule has 1 aliphatic heterocycles. The lowest BCUT2D eigenvalue weighted by Crippen LogP contribution is -2.50. The van der Waals surface area contributed by atoms with Gasteiger partial charge in [0.1, 0.15) is 5.76 Å². The summed E-state index contributed by atoms with van der Waals surface area (Å²) < 4.78 is 5.16. The van der Waals surface area contributed by atoms with E-state index in [2.05, 4.69) is 58.7 Å². The molecule has 6 heteroatoms. The van der Waals surface area contributed by atoms with Gasteiger partial charge >= 0.3 is 0 Å². The fraction of sp³-hybridized carbons (Fsp3) is 0.259. The molecule has 33 heavy (non-hydrogen) atoms. The van der Waals surface area contributed by atoms with Gasteiger partial charge in [0.15, 0.2) is 0 Å². The number of carbonyl (C=O) groups excluding carboxylic acids is 2. The molecule has 170 valence electrons. The van der Waals surface area contributed by atoms with Crippen LogP contribution >= 0.6 is 0 Å². The summed E-state index contributed by atoms with van der Waals surface area (Å²) >= 11 is 0. The van der Waals surface area contributed by atoms with Gasteiger partial charge in [0.25, 0.3) is 0 Å². The monoisotopic (exact) mass is 443 g/mol. The summed E-state index contributed by atoms with van der Waals surface area (Å²) in [5.74, 6) is 0.446. The molecule has 2 aromatic carbocycles. The van der Waals surface area contributed by atoms with Gasteiger partial charge in [-0.05, 0) is 29.3 Å². The zero-order chi connectivity index (χ0) is 22.9. The Balaban J connectivity index is 1.27. The van der Waals surface area contributed by atoms with Crippen LogP contribution in [0.25, 0.3) is 6.08 Å². The summed E-state index contributed by atoms with van der Waals surface area (Å²) in [5.41, 5.74) is 2.52. The maximum absolute atomic E-state index is 12.7. The molecule has 0 radical (unpaired) electrons. The normalized spacial score (nSPS) is 14.6. The van der Waals surface area contributed by atoms with E-state index in [1.54, 1.807) is 24.5 Å². The van der Waals surface area contributed by atoms with Crippen molar-refractivity contribution in [1.82, 2.24) is 15.1 Å². The van der Waals surface area contributed by atoms with Crippen LogP contribution in [0.3, 0.4) is 0 Å². The third kappa shape index (κ3) is 6.20. The van der Waals surface area contributed by atoms with Gasteiger partial charge in [-0.3, -0.25) is 14.5 Å². The van der Waals surface area contributed by atoms with Gasteiger partial charge in [-0.2, -0.15) is 0 Å². The van der Waals surface area contributed by atoms with Crippen molar-refractivity contribution in [3.63, 3.8) is 0 Å².